The molecule has 22 heavy (non-hydrogen) atoms. The summed E-state index contributed by atoms with van der Waals surface area (Å²) in [5, 5.41) is 2.66. The molecule has 1 N–H and O–H groups in total. The van der Waals surface area contributed by atoms with E-state index in [4.69, 9.17) is 3.07 Å². The summed E-state index contributed by atoms with van der Waals surface area (Å²) in [7, 11) is 0. The highest BCUT2D eigenvalue weighted by atomic mass is 127. The van der Waals surface area contributed by atoms with Gasteiger partial charge in [0.2, 0.25) is 5.91 Å². The molecular weight excluding hydrogens is 397 g/mol. The van der Waals surface area contributed by atoms with Crippen LogP contribution >= 0.6 is 23.0 Å². The maximum atomic E-state index is 12.2. The van der Waals surface area contributed by atoms with E-state index in [0.717, 1.165) is 25.7 Å². The van der Waals surface area contributed by atoms with Gasteiger partial charge < -0.3 is 8.38 Å². The van der Waals surface area contributed by atoms with Crippen LogP contribution in [0.2, 0.25) is 0 Å². The molecule has 1 amide bonds. The van der Waals surface area contributed by atoms with E-state index in [-0.39, 0.29) is 17.6 Å². The third kappa shape index (κ3) is 5.35. The standard InChI is InChI=1S/C15H22IN3O3/c16-22-11-5-8-14(20)17-13-9-10-19(15(21)18-13)12-6-3-1-2-4-7-12/h9-10,12H,1-8,11H2,(H,17,18,20,21). The molecule has 1 fully saturated rings. The number of hydrogen-bond donors (Lipinski definition) is 1. The molecule has 1 heterocycles. The Bertz CT molecular complexity index is 539. The van der Waals surface area contributed by atoms with Crippen LogP contribution in [-0.4, -0.2) is 22.1 Å². The van der Waals surface area contributed by atoms with Crippen molar-refractivity contribution in [3.63, 3.8) is 0 Å². The molecule has 6 nitrogen and oxygen atoms in total. The molecule has 1 aliphatic carbocycles. The van der Waals surface area contributed by atoms with E-state index in [0.29, 0.717) is 25.3 Å². The lowest BCUT2D eigenvalue weighted by Crippen LogP contribution is -2.28. The number of anilines is 1. The van der Waals surface area contributed by atoms with E-state index in [1.165, 1.54) is 12.8 Å². The Labute approximate surface area is 144 Å². The van der Waals surface area contributed by atoms with Crippen molar-refractivity contribution in [2.24, 2.45) is 0 Å². The summed E-state index contributed by atoms with van der Waals surface area (Å²) < 4.78 is 6.59. The normalized spacial score (nSPS) is 16.2. The first-order chi connectivity index (χ1) is 10.7. The third-order valence-electron chi connectivity index (χ3n) is 3.94. The van der Waals surface area contributed by atoms with Gasteiger partial charge >= 0.3 is 5.69 Å². The van der Waals surface area contributed by atoms with Gasteiger partial charge in [0, 0.05) is 18.7 Å². The Morgan fingerprint density at radius 2 is 2.09 bits per heavy atom. The summed E-state index contributed by atoms with van der Waals surface area (Å²) in [4.78, 5) is 27.9. The lowest BCUT2D eigenvalue weighted by molar-refractivity contribution is -0.116. The quantitative estimate of drug-likeness (QED) is 0.437. The number of hydrogen-bond acceptors (Lipinski definition) is 4. The summed E-state index contributed by atoms with van der Waals surface area (Å²) >= 11 is 1.80. The van der Waals surface area contributed by atoms with Crippen LogP contribution in [0.25, 0.3) is 0 Å². The first-order valence-corrected chi connectivity index (χ1v) is 8.71. The second kappa shape index (κ2) is 9.24. The minimum absolute atomic E-state index is 0.146. The fourth-order valence-electron chi connectivity index (χ4n) is 2.79. The van der Waals surface area contributed by atoms with Crippen molar-refractivity contribution >= 4 is 34.7 Å². The molecule has 0 spiro atoms. The molecule has 7 heteroatoms. The summed E-state index contributed by atoms with van der Waals surface area (Å²) in [6.07, 6.45) is 9.64. The second-order valence-electron chi connectivity index (χ2n) is 5.61. The van der Waals surface area contributed by atoms with Crippen molar-refractivity contribution in [1.29, 1.82) is 0 Å². The predicted octanol–water partition coefficient (Wildman–Crippen LogP) is 3.22. The molecule has 0 unspecified atom stereocenters. The van der Waals surface area contributed by atoms with Crippen LogP contribution in [0.15, 0.2) is 17.1 Å². The summed E-state index contributed by atoms with van der Waals surface area (Å²) in [6, 6.07) is 1.95. The van der Waals surface area contributed by atoms with Crippen molar-refractivity contribution < 1.29 is 7.86 Å². The van der Waals surface area contributed by atoms with E-state index in [9.17, 15) is 9.59 Å². The number of rotatable bonds is 6. The van der Waals surface area contributed by atoms with Gasteiger partial charge in [-0.1, -0.05) is 25.7 Å². The largest absolute Gasteiger partial charge is 0.349 e. The summed E-state index contributed by atoms with van der Waals surface area (Å²) in [5.41, 5.74) is -0.278. The van der Waals surface area contributed by atoms with Gasteiger partial charge in [-0.2, -0.15) is 4.98 Å². The topological polar surface area (TPSA) is 73.2 Å². The number of carbonyl (C=O) groups is 1. The molecule has 122 valence electrons. The molecule has 2 rings (SSSR count). The Morgan fingerprint density at radius 3 is 2.73 bits per heavy atom. The van der Waals surface area contributed by atoms with Gasteiger partial charge in [-0.05, 0) is 25.3 Å². The average Bonchev–Trinajstić information content (AvgIpc) is 2.77. The highest BCUT2D eigenvalue weighted by Crippen LogP contribution is 2.25. The van der Waals surface area contributed by atoms with Gasteiger partial charge in [0.1, 0.15) is 28.8 Å². The fraction of sp³-hybridized carbons (Fsp3) is 0.667. The molecule has 1 saturated carbocycles. The van der Waals surface area contributed by atoms with Gasteiger partial charge in [-0.15, -0.1) is 0 Å². The van der Waals surface area contributed by atoms with Crippen molar-refractivity contribution in [3.8, 4) is 0 Å². The maximum absolute atomic E-state index is 12.2. The molecule has 0 aromatic carbocycles. The zero-order chi connectivity index (χ0) is 15.8. The zero-order valence-corrected chi connectivity index (χ0v) is 14.8. The van der Waals surface area contributed by atoms with Crippen molar-refractivity contribution in [2.75, 3.05) is 11.9 Å². The van der Waals surface area contributed by atoms with Crippen LogP contribution in [0.4, 0.5) is 5.82 Å². The Kier molecular flexibility index (Phi) is 7.31. The number of nitrogens with one attached hydrogen (secondary N) is 1. The van der Waals surface area contributed by atoms with Gasteiger partial charge in [0.25, 0.3) is 0 Å². The van der Waals surface area contributed by atoms with Crippen molar-refractivity contribution in [3.05, 3.63) is 22.7 Å². The van der Waals surface area contributed by atoms with Gasteiger partial charge in [-0.3, -0.25) is 9.36 Å². The molecular formula is C15H22IN3O3. The zero-order valence-electron chi connectivity index (χ0n) is 12.6. The molecule has 0 saturated heterocycles. The Hall–Kier alpha value is -0.960. The van der Waals surface area contributed by atoms with Crippen LogP contribution in [0, 0.1) is 0 Å². The molecule has 0 bridgehead atoms. The van der Waals surface area contributed by atoms with Crippen LogP contribution in [0.1, 0.15) is 57.4 Å². The monoisotopic (exact) mass is 419 g/mol. The summed E-state index contributed by atoms with van der Waals surface area (Å²) in [5.74, 6) is 0.183. The number of nitrogens with zero attached hydrogens (tertiary/aromatic N) is 2. The van der Waals surface area contributed by atoms with Crippen LogP contribution in [0.5, 0.6) is 0 Å². The third-order valence-corrected chi connectivity index (χ3v) is 4.38. The number of halogens is 1. The SMILES string of the molecule is O=C(CCCOI)Nc1ccn(C2CCCCCC2)c(=O)n1. The molecule has 1 aromatic rings. The van der Waals surface area contributed by atoms with Crippen LogP contribution < -0.4 is 11.0 Å². The van der Waals surface area contributed by atoms with Crippen LogP contribution in [0.3, 0.4) is 0 Å². The number of aromatic nitrogens is 2. The maximum Gasteiger partial charge on any atom is 0.349 e. The molecule has 1 aromatic heterocycles. The molecule has 0 aliphatic heterocycles. The van der Waals surface area contributed by atoms with Gasteiger partial charge in [0.15, 0.2) is 0 Å². The van der Waals surface area contributed by atoms with E-state index < -0.39 is 0 Å². The highest BCUT2D eigenvalue weighted by molar-refractivity contribution is 14.1. The Balaban J connectivity index is 1.96. The second-order valence-corrected chi connectivity index (χ2v) is 6.24. The summed E-state index contributed by atoms with van der Waals surface area (Å²) in [6.45, 7) is 0.532. The van der Waals surface area contributed by atoms with Gasteiger partial charge in [-0.25, -0.2) is 4.79 Å². The smallest absolute Gasteiger partial charge is 0.316 e. The first kappa shape index (κ1) is 17.4. The lowest BCUT2D eigenvalue weighted by atomic mass is 10.1. The number of carbonyl (C=O) groups excluding carboxylic acids is 1. The minimum Gasteiger partial charge on any atom is -0.316 e. The van der Waals surface area contributed by atoms with E-state index in [2.05, 4.69) is 10.3 Å². The van der Waals surface area contributed by atoms with Crippen molar-refractivity contribution in [1.82, 2.24) is 9.55 Å². The minimum atomic E-state index is -0.278. The average molecular weight is 419 g/mol. The van der Waals surface area contributed by atoms with Crippen LogP contribution in [-0.2, 0) is 7.86 Å². The predicted molar refractivity (Wildman–Crippen MR) is 93.1 cm³/mol. The van der Waals surface area contributed by atoms with E-state index in [1.54, 1.807) is 39.8 Å². The van der Waals surface area contributed by atoms with E-state index in [1.807, 2.05) is 0 Å². The van der Waals surface area contributed by atoms with Crippen molar-refractivity contribution in [2.45, 2.75) is 57.4 Å². The van der Waals surface area contributed by atoms with E-state index >= 15 is 0 Å². The molecule has 0 radical (unpaired) electrons. The fourth-order valence-corrected chi connectivity index (χ4v) is 3.10. The number of amides is 1. The molecule has 0 atom stereocenters. The lowest BCUT2D eigenvalue weighted by Gasteiger charge is -2.17. The van der Waals surface area contributed by atoms with Gasteiger partial charge in [0.05, 0.1) is 6.61 Å². The molecule has 1 aliphatic rings. The highest BCUT2D eigenvalue weighted by Gasteiger charge is 2.16. The Morgan fingerprint density at radius 1 is 1.36 bits per heavy atom. The first-order valence-electron chi connectivity index (χ1n) is 7.83.